The summed E-state index contributed by atoms with van der Waals surface area (Å²) in [5, 5.41) is 0. The van der Waals surface area contributed by atoms with Crippen molar-refractivity contribution in [3.8, 4) is 0 Å². The second-order valence-electron chi connectivity index (χ2n) is 4.85. The molecular weight excluding hydrogens is 158 g/mol. The van der Waals surface area contributed by atoms with E-state index < -0.39 is 0 Å². The van der Waals surface area contributed by atoms with Crippen LogP contribution < -0.4 is 5.73 Å². The summed E-state index contributed by atoms with van der Waals surface area (Å²) in [4.78, 5) is 0. The lowest BCUT2D eigenvalue weighted by Gasteiger charge is -2.30. The largest absolute Gasteiger partial charge is 0.324 e. The van der Waals surface area contributed by atoms with E-state index >= 15 is 0 Å². The van der Waals surface area contributed by atoms with Crippen molar-refractivity contribution in [3.05, 3.63) is 11.6 Å². The van der Waals surface area contributed by atoms with Crippen molar-refractivity contribution in [1.29, 1.82) is 0 Å². The van der Waals surface area contributed by atoms with Crippen LogP contribution in [-0.2, 0) is 0 Å². The van der Waals surface area contributed by atoms with E-state index in [4.69, 9.17) is 5.73 Å². The van der Waals surface area contributed by atoms with Crippen LogP contribution in [0.1, 0.15) is 46.5 Å². The van der Waals surface area contributed by atoms with Gasteiger partial charge in [0, 0.05) is 6.04 Å². The summed E-state index contributed by atoms with van der Waals surface area (Å²) in [6, 6.07) is 0.299. The van der Waals surface area contributed by atoms with Crippen LogP contribution in [0.15, 0.2) is 11.6 Å². The SMILES string of the molecule is CC(C)=CC(N)C1CCCC(C)C1. The van der Waals surface area contributed by atoms with Crippen LogP contribution in [0.25, 0.3) is 0 Å². The van der Waals surface area contributed by atoms with E-state index in [9.17, 15) is 0 Å². The average Bonchev–Trinajstić information content (AvgIpc) is 2.03. The Bertz CT molecular complexity index is 180. The molecule has 1 aliphatic carbocycles. The summed E-state index contributed by atoms with van der Waals surface area (Å²) >= 11 is 0. The number of hydrogen-bond acceptors (Lipinski definition) is 1. The molecule has 0 aromatic rings. The van der Waals surface area contributed by atoms with Gasteiger partial charge in [0.25, 0.3) is 0 Å². The van der Waals surface area contributed by atoms with Crippen LogP contribution in [0.3, 0.4) is 0 Å². The lowest BCUT2D eigenvalue weighted by Crippen LogP contribution is -2.31. The van der Waals surface area contributed by atoms with Gasteiger partial charge in [-0.25, -0.2) is 0 Å². The highest BCUT2D eigenvalue weighted by atomic mass is 14.6. The lowest BCUT2D eigenvalue weighted by molar-refractivity contribution is 0.265. The molecule has 1 heteroatoms. The maximum Gasteiger partial charge on any atom is 0.0254 e. The molecular formula is C12H23N. The van der Waals surface area contributed by atoms with Gasteiger partial charge in [-0.2, -0.15) is 0 Å². The molecule has 13 heavy (non-hydrogen) atoms. The zero-order valence-corrected chi connectivity index (χ0v) is 9.22. The minimum Gasteiger partial charge on any atom is -0.324 e. The lowest BCUT2D eigenvalue weighted by atomic mass is 9.78. The van der Waals surface area contributed by atoms with Crippen molar-refractivity contribution < 1.29 is 0 Å². The first kappa shape index (κ1) is 10.8. The molecule has 1 saturated carbocycles. The maximum absolute atomic E-state index is 6.14. The third kappa shape index (κ3) is 3.51. The molecule has 1 aliphatic rings. The molecule has 0 aromatic carbocycles. The first-order valence-electron chi connectivity index (χ1n) is 5.50. The van der Waals surface area contributed by atoms with E-state index in [0.717, 1.165) is 11.8 Å². The summed E-state index contributed by atoms with van der Waals surface area (Å²) in [6.07, 6.45) is 7.65. The van der Waals surface area contributed by atoms with Gasteiger partial charge in [-0.3, -0.25) is 0 Å². The molecule has 0 aromatic heterocycles. The topological polar surface area (TPSA) is 26.0 Å². The van der Waals surface area contributed by atoms with Gasteiger partial charge in [0.2, 0.25) is 0 Å². The van der Waals surface area contributed by atoms with Crippen molar-refractivity contribution in [2.45, 2.75) is 52.5 Å². The zero-order chi connectivity index (χ0) is 9.84. The average molecular weight is 181 g/mol. The molecule has 1 rings (SSSR count). The predicted molar refractivity (Wildman–Crippen MR) is 58.5 cm³/mol. The van der Waals surface area contributed by atoms with E-state index in [1.165, 1.54) is 31.3 Å². The fourth-order valence-electron chi connectivity index (χ4n) is 2.35. The van der Waals surface area contributed by atoms with Crippen LogP contribution in [-0.4, -0.2) is 6.04 Å². The number of hydrogen-bond donors (Lipinski definition) is 1. The zero-order valence-electron chi connectivity index (χ0n) is 9.22. The molecule has 76 valence electrons. The van der Waals surface area contributed by atoms with Gasteiger partial charge >= 0.3 is 0 Å². The third-order valence-corrected chi connectivity index (χ3v) is 3.05. The quantitative estimate of drug-likeness (QED) is 0.651. The Kier molecular flexibility index (Phi) is 3.98. The van der Waals surface area contributed by atoms with E-state index in [0.29, 0.717) is 6.04 Å². The van der Waals surface area contributed by atoms with Crippen molar-refractivity contribution in [1.82, 2.24) is 0 Å². The molecule has 0 heterocycles. The van der Waals surface area contributed by atoms with Crippen LogP contribution in [0, 0.1) is 11.8 Å². The predicted octanol–water partition coefficient (Wildman–Crippen LogP) is 3.11. The smallest absolute Gasteiger partial charge is 0.0254 e. The fourth-order valence-corrected chi connectivity index (χ4v) is 2.35. The number of nitrogens with two attached hydrogens (primary N) is 1. The van der Waals surface area contributed by atoms with E-state index in [-0.39, 0.29) is 0 Å². The molecule has 0 radical (unpaired) electrons. The van der Waals surface area contributed by atoms with E-state index in [2.05, 4.69) is 26.8 Å². The van der Waals surface area contributed by atoms with Gasteiger partial charge < -0.3 is 5.73 Å². The Hall–Kier alpha value is -0.300. The van der Waals surface area contributed by atoms with Gasteiger partial charge in [0.15, 0.2) is 0 Å². The van der Waals surface area contributed by atoms with Crippen LogP contribution in [0.2, 0.25) is 0 Å². The monoisotopic (exact) mass is 181 g/mol. The third-order valence-electron chi connectivity index (χ3n) is 3.05. The molecule has 3 unspecified atom stereocenters. The number of rotatable bonds is 2. The molecule has 0 aliphatic heterocycles. The van der Waals surface area contributed by atoms with Crippen molar-refractivity contribution in [2.75, 3.05) is 0 Å². The summed E-state index contributed by atoms with van der Waals surface area (Å²) in [5.74, 6) is 1.62. The van der Waals surface area contributed by atoms with Crippen LogP contribution in [0.5, 0.6) is 0 Å². The van der Waals surface area contributed by atoms with Gasteiger partial charge in [0.05, 0.1) is 0 Å². The highest BCUT2D eigenvalue weighted by Gasteiger charge is 2.22. The summed E-state index contributed by atoms with van der Waals surface area (Å²) in [7, 11) is 0. The van der Waals surface area contributed by atoms with Crippen molar-refractivity contribution in [3.63, 3.8) is 0 Å². The summed E-state index contributed by atoms with van der Waals surface area (Å²) in [5.41, 5.74) is 7.49. The van der Waals surface area contributed by atoms with Gasteiger partial charge in [-0.1, -0.05) is 31.4 Å². The van der Waals surface area contributed by atoms with Crippen molar-refractivity contribution in [2.24, 2.45) is 17.6 Å². The molecule has 0 saturated heterocycles. The molecule has 2 N–H and O–H groups in total. The molecule has 0 spiro atoms. The minimum atomic E-state index is 0.299. The van der Waals surface area contributed by atoms with E-state index in [1.807, 2.05) is 0 Å². The second-order valence-corrected chi connectivity index (χ2v) is 4.85. The normalized spacial score (nSPS) is 31.1. The second kappa shape index (κ2) is 4.80. The first-order chi connectivity index (χ1) is 6.09. The molecule has 1 nitrogen and oxygen atoms in total. The Labute approximate surface area is 82.4 Å². The Balaban J connectivity index is 2.46. The van der Waals surface area contributed by atoms with Crippen LogP contribution in [0.4, 0.5) is 0 Å². The molecule has 0 amide bonds. The Morgan fingerprint density at radius 1 is 1.38 bits per heavy atom. The minimum absolute atomic E-state index is 0.299. The van der Waals surface area contributed by atoms with Gasteiger partial charge in [-0.05, 0) is 38.5 Å². The number of allylic oxidation sites excluding steroid dienone is 1. The van der Waals surface area contributed by atoms with E-state index in [1.54, 1.807) is 0 Å². The molecule has 1 fully saturated rings. The Morgan fingerprint density at radius 3 is 2.62 bits per heavy atom. The highest BCUT2D eigenvalue weighted by molar-refractivity contribution is 5.02. The molecule has 3 atom stereocenters. The first-order valence-corrected chi connectivity index (χ1v) is 5.50. The van der Waals surface area contributed by atoms with Gasteiger partial charge in [0.1, 0.15) is 0 Å². The van der Waals surface area contributed by atoms with Crippen LogP contribution >= 0.6 is 0 Å². The fraction of sp³-hybridized carbons (Fsp3) is 0.833. The van der Waals surface area contributed by atoms with Gasteiger partial charge in [-0.15, -0.1) is 0 Å². The summed E-state index contributed by atoms with van der Waals surface area (Å²) < 4.78 is 0. The summed E-state index contributed by atoms with van der Waals surface area (Å²) in [6.45, 7) is 6.61. The highest BCUT2D eigenvalue weighted by Crippen LogP contribution is 2.30. The standard InChI is InChI=1S/C12H23N/c1-9(2)7-12(13)11-6-4-5-10(3)8-11/h7,10-12H,4-6,8,13H2,1-3H3. The maximum atomic E-state index is 6.14. The van der Waals surface area contributed by atoms with Crippen molar-refractivity contribution >= 4 is 0 Å². The Morgan fingerprint density at radius 2 is 2.08 bits per heavy atom. The molecule has 0 bridgehead atoms.